The average molecular weight is 205 g/mol. The lowest BCUT2D eigenvalue weighted by atomic mass is 10.1. The fourth-order valence-corrected chi connectivity index (χ4v) is 1.77. The van der Waals surface area contributed by atoms with Crippen molar-refractivity contribution in [1.29, 1.82) is 0 Å². The van der Waals surface area contributed by atoms with E-state index in [1.807, 2.05) is 36.4 Å². The molecule has 0 saturated carbocycles. The molecule has 2 heteroatoms. The zero-order valence-electron chi connectivity index (χ0n) is 8.59. The molecule has 0 bridgehead atoms. The van der Waals surface area contributed by atoms with Gasteiger partial charge in [0.15, 0.2) is 0 Å². The van der Waals surface area contributed by atoms with E-state index in [4.69, 9.17) is 0 Å². The molecule has 1 radical (unpaired) electrons. The molecule has 0 aliphatic heterocycles. The van der Waals surface area contributed by atoms with Gasteiger partial charge < -0.3 is 0 Å². The van der Waals surface area contributed by atoms with E-state index in [1.165, 1.54) is 0 Å². The maximum atomic E-state index is 4.33. The van der Waals surface area contributed by atoms with Crippen molar-refractivity contribution in [3.05, 3.63) is 60.9 Å². The van der Waals surface area contributed by atoms with E-state index in [0.717, 1.165) is 22.2 Å². The number of fused-ring (bicyclic) bond motifs is 1. The highest BCUT2D eigenvalue weighted by Crippen LogP contribution is 2.24. The van der Waals surface area contributed by atoms with Gasteiger partial charge >= 0.3 is 0 Å². The van der Waals surface area contributed by atoms with Crippen molar-refractivity contribution in [2.45, 2.75) is 0 Å². The number of rotatable bonds is 1. The highest BCUT2D eigenvalue weighted by molar-refractivity contribution is 5.92. The summed E-state index contributed by atoms with van der Waals surface area (Å²) in [7, 11) is 0. The highest BCUT2D eigenvalue weighted by Gasteiger charge is 2.03. The van der Waals surface area contributed by atoms with Crippen LogP contribution < -0.4 is 0 Å². The SMILES string of the molecule is [c]1cccnc1-c1ccnc2ccccc12. The Kier molecular flexibility index (Phi) is 2.11. The van der Waals surface area contributed by atoms with Crippen LogP contribution in [0, 0.1) is 6.07 Å². The van der Waals surface area contributed by atoms with Gasteiger partial charge in [0.1, 0.15) is 0 Å². The van der Waals surface area contributed by atoms with E-state index in [0.29, 0.717) is 0 Å². The first kappa shape index (κ1) is 9.04. The highest BCUT2D eigenvalue weighted by atomic mass is 14.7. The largest absolute Gasteiger partial charge is 0.256 e. The molecule has 2 aromatic heterocycles. The fraction of sp³-hybridized carbons (Fsp3) is 0. The van der Waals surface area contributed by atoms with Crippen LogP contribution in [0.5, 0.6) is 0 Å². The summed E-state index contributed by atoms with van der Waals surface area (Å²) in [6, 6.07) is 16.9. The van der Waals surface area contributed by atoms with Crippen molar-refractivity contribution < 1.29 is 0 Å². The Hall–Kier alpha value is -2.22. The molecule has 1 aromatic carbocycles. The lowest BCUT2D eigenvalue weighted by Gasteiger charge is -2.04. The summed E-state index contributed by atoms with van der Waals surface area (Å²) in [5.74, 6) is 0. The van der Waals surface area contributed by atoms with E-state index >= 15 is 0 Å². The minimum atomic E-state index is 0.862. The molecule has 0 fully saturated rings. The number of para-hydroxylation sites is 1. The van der Waals surface area contributed by atoms with Crippen LogP contribution in [0.25, 0.3) is 22.2 Å². The second-order valence-electron chi connectivity index (χ2n) is 3.51. The van der Waals surface area contributed by atoms with Gasteiger partial charge in [-0.3, -0.25) is 9.97 Å². The molecule has 2 heterocycles. The molecule has 0 unspecified atom stereocenters. The van der Waals surface area contributed by atoms with Gasteiger partial charge in [-0.1, -0.05) is 24.3 Å². The summed E-state index contributed by atoms with van der Waals surface area (Å²) >= 11 is 0. The van der Waals surface area contributed by atoms with Gasteiger partial charge in [0.05, 0.1) is 11.2 Å². The van der Waals surface area contributed by atoms with Crippen molar-refractivity contribution in [2.24, 2.45) is 0 Å². The van der Waals surface area contributed by atoms with Gasteiger partial charge in [0.2, 0.25) is 0 Å². The summed E-state index contributed by atoms with van der Waals surface area (Å²) < 4.78 is 0. The molecular weight excluding hydrogens is 196 g/mol. The predicted molar refractivity (Wildman–Crippen MR) is 63.8 cm³/mol. The topological polar surface area (TPSA) is 25.8 Å². The first-order chi connectivity index (χ1) is 7.95. The Morgan fingerprint density at radius 1 is 0.875 bits per heavy atom. The number of benzene rings is 1. The quantitative estimate of drug-likeness (QED) is 0.610. The molecule has 0 aliphatic carbocycles. The molecule has 0 spiro atoms. The Morgan fingerprint density at radius 3 is 2.69 bits per heavy atom. The fourth-order valence-electron chi connectivity index (χ4n) is 1.77. The summed E-state index contributed by atoms with van der Waals surface area (Å²) in [6.07, 6.45) is 3.58. The van der Waals surface area contributed by atoms with Crippen molar-refractivity contribution in [3.8, 4) is 11.3 Å². The summed E-state index contributed by atoms with van der Waals surface area (Å²) in [5.41, 5.74) is 2.92. The first-order valence-corrected chi connectivity index (χ1v) is 5.12. The summed E-state index contributed by atoms with van der Waals surface area (Å²) in [5, 5.41) is 1.11. The first-order valence-electron chi connectivity index (χ1n) is 5.12. The number of nitrogens with zero attached hydrogens (tertiary/aromatic N) is 2. The third-order valence-electron chi connectivity index (χ3n) is 2.51. The standard InChI is InChI=1S/C14H9N2/c1-2-6-13-11(5-1)12(8-10-16-13)14-7-3-4-9-15-14/h1-6,8-10H. The minimum absolute atomic E-state index is 0.862. The second-order valence-corrected chi connectivity index (χ2v) is 3.51. The van der Waals surface area contributed by atoms with Gasteiger partial charge in [0.25, 0.3) is 0 Å². The van der Waals surface area contributed by atoms with Crippen molar-refractivity contribution in [3.63, 3.8) is 0 Å². The number of pyridine rings is 2. The Morgan fingerprint density at radius 2 is 1.81 bits per heavy atom. The number of hydrogen-bond donors (Lipinski definition) is 0. The molecule has 16 heavy (non-hydrogen) atoms. The predicted octanol–water partition coefficient (Wildman–Crippen LogP) is 3.10. The zero-order valence-corrected chi connectivity index (χ0v) is 8.59. The third kappa shape index (κ3) is 1.44. The molecule has 3 aromatic rings. The minimum Gasteiger partial charge on any atom is -0.256 e. The van der Waals surface area contributed by atoms with Gasteiger partial charge in [-0.05, 0) is 18.2 Å². The molecule has 75 valence electrons. The molecule has 3 rings (SSSR count). The number of hydrogen-bond acceptors (Lipinski definition) is 2. The van der Waals surface area contributed by atoms with Gasteiger partial charge in [-0.2, -0.15) is 0 Å². The van der Waals surface area contributed by atoms with Gasteiger partial charge in [-0.25, -0.2) is 0 Å². The van der Waals surface area contributed by atoms with E-state index in [2.05, 4.69) is 22.1 Å². The van der Waals surface area contributed by atoms with E-state index < -0.39 is 0 Å². The monoisotopic (exact) mass is 205 g/mol. The Balaban J connectivity index is 2.32. The summed E-state index contributed by atoms with van der Waals surface area (Å²) in [4.78, 5) is 8.64. The normalized spacial score (nSPS) is 10.5. The lowest BCUT2D eigenvalue weighted by molar-refractivity contribution is 1.31. The lowest BCUT2D eigenvalue weighted by Crippen LogP contribution is -1.86. The second kappa shape index (κ2) is 3.74. The Bertz CT molecular complexity index is 612. The van der Waals surface area contributed by atoms with Crippen LogP contribution >= 0.6 is 0 Å². The van der Waals surface area contributed by atoms with Crippen LogP contribution in [0.4, 0.5) is 0 Å². The number of aromatic nitrogens is 2. The van der Waals surface area contributed by atoms with Gasteiger partial charge in [-0.15, -0.1) is 0 Å². The van der Waals surface area contributed by atoms with E-state index in [-0.39, 0.29) is 0 Å². The third-order valence-corrected chi connectivity index (χ3v) is 2.51. The Labute approximate surface area is 93.6 Å². The van der Waals surface area contributed by atoms with Crippen LogP contribution in [-0.4, -0.2) is 9.97 Å². The maximum absolute atomic E-state index is 4.33. The molecule has 0 amide bonds. The summed E-state index contributed by atoms with van der Waals surface area (Å²) in [6.45, 7) is 0. The molecule has 0 aliphatic rings. The van der Waals surface area contributed by atoms with Crippen molar-refractivity contribution >= 4 is 10.9 Å². The van der Waals surface area contributed by atoms with Crippen LogP contribution in [-0.2, 0) is 0 Å². The van der Waals surface area contributed by atoms with Crippen LogP contribution in [0.15, 0.2) is 54.9 Å². The average Bonchev–Trinajstić information content (AvgIpc) is 2.39. The van der Waals surface area contributed by atoms with Gasteiger partial charge in [0, 0.05) is 29.4 Å². The van der Waals surface area contributed by atoms with E-state index in [1.54, 1.807) is 12.4 Å². The maximum Gasteiger partial charge on any atom is 0.0788 e. The molecule has 0 saturated heterocycles. The van der Waals surface area contributed by atoms with Crippen LogP contribution in [0.3, 0.4) is 0 Å². The van der Waals surface area contributed by atoms with Crippen molar-refractivity contribution in [2.75, 3.05) is 0 Å². The molecular formula is C14H9N2. The molecule has 2 nitrogen and oxygen atoms in total. The van der Waals surface area contributed by atoms with Crippen LogP contribution in [0.1, 0.15) is 0 Å². The van der Waals surface area contributed by atoms with Crippen LogP contribution in [0.2, 0.25) is 0 Å². The zero-order chi connectivity index (χ0) is 10.8. The smallest absolute Gasteiger partial charge is 0.0788 e. The van der Waals surface area contributed by atoms with E-state index in [9.17, 15) is 0 Å². The molecule has 0 N–H and O–H groups in total. The van der Waals surface area contributed by atoms with Crippen molar-refractivity contribution in [1.82, 2.24) is 9.97 Å². The molecule has 0 atom stereocenters.